The third kappa shape index (κ3) is 6.90. The molecule has 0 bridgehead atoms. The van der Waals surface area contributed by atoms with Gasteiger partial charge in [0.05, 0.1) is 21.3 Å². The highest BCUT2D eigenvalue weighted by molar-refractivity contribution is 7.91. The molecule has 13 nitrogen and oxygen atoms in total. The van der Waals surface area contributed by atoms with Crippen LogP contribution in [0.3, 0.4) is 0 Å². The molecule has 0 atom stereocenters. The van der Waals surface area contributed by atoms with Crippen LogP contribution in [0.5, 0.6) is 5.75 Å². The maximum absolute atomic E-state index is 12.4. The second-order valence-corrected chi connectivity index (χ2v) is 13.7. The predicted molar refractivity (Wildman–Crippen MR) is 150 cm³/mol. The minimum Gasteiger partial charge on any atom is -0.507 e. The molecule has 0 saturated heterocycles. The minimum absolute atomic E-state index is 0.150. The summed E-state index contributed by atoms with van der Waals surface area (Å²) in [6, 6.07) is 9.46. The number of amides is 1. The van der Waals surface area contributed by atoms with E-state index in [0.29, 0.717) is 5.69 Å². The van der Waals surface area contributed by atoms with Crippen molar-refractivity contribution in [1.82, 2.24) is 0 Å². The number of aryl methyl sites for hydroxylation is 2. The van der Waals surface area contributed by atoms with Crippen LogP contribution in [0.4, 0.5) is 11.4 Å². The topological polar surface area (TPSA) is 228 Å². The summed E-state index contributed by atoms with van der Waals surface area (Å²) in [5.74, 6) is -1.10. The van der Waals surface area contributed by atoms with Crippen molar-refractivity contribution >= 4 is 76.9 Å². The number of carbonyl (C=O) groups excluding carboxylic acids is 1. The Morgan fingerprint density at radius 1 is 0.950 bits per heavy atom. The number of carbonyl (C=O) groups is 1. The second-order valence-electron chi connectivity index (χ2n) is 8.24. The summed E-state index contributed by atoms with van der Waals surface area (Å²) in [6.07, 6.45) is 0.977. The van der Waals surface area contributed by atoms with Crippen molar-refractivity contribution in [3.63, 3.8) is 0 Å². The number of primary sulfonamides is 2. The highest BCUT2D eigenvalue weighted by Gasteiger charge is 2.26. The van der Waals surface area contributed by atoms with Gasteiger partial charge in [-0.2, -0.15) is 8.42 Å². The molecule has 4 rings (SSSR count). The first-order valence-electron chi connectivity index (χ1n) is 10.7. The first-order chi connectivity index (χ1) is 18.3. The van der Waals surface area contributed by atoms with Gasteiger partial charge in [0.1, 0.15) is 26.8 Å². The van der Waals surface area contributed by atoms with Crippen LogP contribution in [0.1, 0.15) is 21.5 Å². The Kier molecular flexibility index (Phi) is 8.85. The van der Waals surface area contributed by atoms with Gasteiger partial charge in [0.15, 0.2) is 0 Å². The van der Waals surface area contributed by atoms with Crippen molar-refractivity contribution in [2.75, 3.05) is 10.6 Å². The molecule has 18 heteroatoms. The molecular weight excluding hydrogens is 629 g/mol. The zero-order chi connectivity index (χ0) is 30.2. The number of nitrogens with zero attached hydrogens (tertiary/aromatic N) is 1. The van der Waals surface area contributed by atoms with Crippen molar-refractivity contribution in [3.8, 4) is 5.75 Å². The smallest absolute Gasteiger partial charge is 0.285 e. The molecule has 40 heavy (non-hydrogen) atoms. The van der Waals surface area contributed by atoms with Gasteiger partial charge in [-0.1, -0.05) is 41.4 Å². The Hall–Kier alpha value is -3.25. The van der Waals surface area contributed by atoms with E-state index >= 15 is 0 Å². The number of nitrogens with one attached hydrogen (secondary N) is 2. The number of hydrogen-bond donors (Lipinski definition) is 5. The van der Waals surface area contributed by atoms with E-state index in [4.69, 9.17) is 33.5 Å². The zero-order valence-corrected chi connectivity index (χ0v) is 24.5. The number of benzene rings is 3. The fraction of sp³-hybridized carbons (Fsp3) is 0.0909. The molecule has 0 saturated carbocycles. The van der Waals surface area contributed by atoms with Crippen LogP contribution < -0.4 is 20.9 Å². The molecule has 0 spiro atoms. The van der Waals surface area contributed by atoms with Crippen LogP contribution in [0.15, 0.2) is 61.5 Å². The molecule has 0 aromatic heterocycles. The molecule has 0 unspecified atom stereocenters. The Bertz CT molecular complexity index is 1880. The van der Waals surface area contributed by atoms with Crippen LogP contribution >= 0.6 is 23.2 Å². The molecule has 0 fully saturated rings. The van der Waals surface area contributed by atoms with Gasteiger partial charge in [0.25, 0.3) is 15.9 Å². The minimum atomic E-state index is -4.12. The lowest BCUT2D eigenvalue weighted by Crippen LogP contribution is -2.17. The fourth-order valence-corrected chi connectivity index (χ4v) is 6.67. The molecule has 1 aliphatic rings. The third-order valence-electron chi connectivity index (χ3n) is 5.35. The lowest BCUT2D eigenvalue weighted by molar-refractivity contribution is 0.102. The SMILES string of the molecule is Cc1cccc(C)c1NC(=O)c1cc(S(N)(=O)=O)c(Cl)cc1O.NS(=O)(=O)c1cc2c(cc1Cl)NC=NS2(=O)=O. The van der Waals surface area contributed by atoms with E-state index in [1.165, 1.54) is 6.07 Å². The van der Waals surface area contributed by atoms with Crippen molar-refractivity contribution in [3.05, 3.63) is 69.2 Å². The van der Waals surface area contributed by atoms with Gasteiger partial charge < -0.3 is 15.7 Å². The maximum atomic E-state index is 12.4. The van der Waals surface area contributed by atoms with E-state index < -0.39 is 51.5 Å². The number of para-hydroxylation sites is 1. The number of phenols is 1. The summed E-state index contributed by atoms with van der Waals surface area (Å²) in [4.78, 5) is 11.2. The number of nitrogens with two attached hydrogens (primary N) is 2. The fourth-order valence-electron chi connectivity index (χ4n) is 3.44. The summed E-state index contributed by atoms with van der Waals surface area (Å²) in [7, 11) is -12.1. The average molecular weight is 651 g/mol. The molecule has 3 aromatic rings. The summed E-state index contributed by atoms with van der Waals surface area (Å²) >= 11 is 11.5. The van der Waals surface area contributed by atoms with E-state index in [1.807, 2.05) is 32.0 Å². The van der Waals surface area contributed by atoms with Crippen LogP contribution in [0, 0.1) is 13.8 Å². The van der Waals surface area contributed by atoms with Gasteiger partial charge >= 0.3 is 0 Å². The number of aromatic hydroxyl groups is 1. The highest BCUT2D eigenvalue weighted by Crippen LogP contribution is 2.33. The van der Waals surface area contributed by atoms with Gasteiger partial charge in [-0.05, 0) is 43.2 Å². The Labute approximate surface area is 240 Å². The highest BCUT2D eigenvalue weighted by atomic mass is 35.5. The van der Waals surface area contributed by atoms with E-state index in [0.717, 1.165) is 35.7 Å². The van der Waals surface area contributed by atoms with Gasteiger partial charge in [-0.15, -0.1) is 4.40 Å². The van der Waals surface area contributed by atoms with Gasteiger partial charge in [-0.3, -0.25) is 4.79 Å². The van der Waals surface area contributed by atoms with Crippen molar-refractivity contribution < 1.29 is 35.2 Å². The number of rotatable bonds is 4. The van der Waals surface area contributed by atoms with Crippen LogP contribution in [-0.4, -0.2) is 42.6 Å². The maximum Gasteiger partial charge on any atom is 0.285 e. The molecule has 1 heterocycles. The van der Waals surface area contributed by atoms with Crippen molar-refractivity contribution in [1.29, 1.82) is 0 Å². The van der Waals surface area contributed by atoms with Gasteiger partial charge in [0, 0.05) is 11.8 Å². The molecule has 7 N–H and O–H groups in total. The Morgan fingerprint density at radius 3 is 2.02 bits per heavy atom. The molecule has 1 aliphatic heterocycles. The largest absolute Gasteiger partial charge is 0.507 e. The van der Waals surface area contributed by atoms with Crippen LogP contribution in [-0.2, 0) is 30.1 Å². The van der Waals surface area contributed by atoms with Gasteiger partial charge in [-0.25, -0.2) is 27.1 Å². The van der Waals surface area contributed by atoms with Crippen LogP contribution in [0.25, 0.3) is 0 Å². The Morgan fingerprint density at radius 2 is 1.48 bits per heavy atom. The number of phenolic OH excluding ortho intramolecular Hbond substituents is 1. The monoisotopic (exact) mass is 649 g/mol. The number of halogens is 2. The lowest BCUT2D eigenvalue weighted by Gasteiger charge is -2.14. The number of sulfonamides is 3. The van der Waals surface area contributed by atoms with E-state index in [-0.39, 0.29) is 26.2 Å². The second kappa shape index (κ2) is 11.3. The lowest BCUT2D eigenvalue weighted by atomic mass is 10.1. The molecule has 3 aromatic carbocycles. The molecule has 1 amide bonds. The summed E-state index contributed by atoms with van der Waals surface area (Å²) in [5, 5.41) is 24.6. The van der Waals surface area contributed by atoms with Crippen molar-refractivity contribution in [2.45, 2.75) is 28.5 Å². The number of fused-ring (bicyclic) bond motifs is 1. The number of anilines is 2. The normalized spacial score (nSPS) is 13.8. The van der Waals surface area contributed by atoms with Crippen molar-refractivity contribution in [2.24, 2.45) is 14.7 Å². The standard InChI is InChI=1S/C15H15ClN2O4S.C7H6ClN3O4S2/c1-8-4-3-5-9(2)14(8)18-15(20)10-6-13(23(17,21)22)11(16)7-12(10)19;8-4-1-5-7(2-6(4)16(9,12)13)17(14,15)11-3-10-5/h3-7,19H,1-2H3,(H,18,20)(H2,17,21,22);1-3H,(H,10,11)(H2,9,12,13). The first kappa shape index (κ1) is 31.3. The van der Waals surface area contributed by atoms with E-state index in [9.17, 15) is 35.2 Å². The predicted octanol–water partition coefficient (Wildman–Crippen LogP) is 2.69. The molecular formula is C22H21Cl2N5O8S3. The zero-order valence-electron chi connectivity index (χ0n) is 20.5. The summed E-state index contributed by atoms with van der Waals surface area (Å²) in [5.41, 5.74) is 2.17. The summed E-state index contributed by atoms with van der Waals surface area (Å²) < 4.78 is 71.7. The average Bonchev–Trinajstić information content (AvgIpc) is 2.79. The Balaban J connectivity index is 0.000000230. The molecule has 0 aliphatic carbocycles. The van der Waals surface area contributed by atoms with Crippen LogP contribution in [0.2, 0.25) is 10.0 Å². The quantitative estimate of drug-likeness (QED) is 0.279. The van der Waals surface area contributed by atoms with E-state index in [1.54, 1.807) is 0 Å². The summed E-state index contributed by atoms with van der Waals surface area (Å²) in [6.45, 7) is 3.64. The third-order valence-corrected chi connectivity index (χ3v) is 9.38. The molecule has 0 radical (unpaired) electrons. The number of hydrogen-bond acceptors (Lipinski definition) is 9. The van der Waals surface area contributed by atoms with E-state index in [2.05, 4.69) is 15.0 Å². The molecule has 214 valence electrons. The first-order valence-corrected chi connectivity index (χ1v) is 16.0. The van der Waals surface area contributed by atoms with Gasteiger partial charge in [0.2, 0.25) is 20.0 Å².